The summed E-state index contributed by atoms with van der Waals surface area (Å²) in [6.45, 7) is 1.67. The Morgan fingerprint density at radius 1 is 1.20 bits per heavy atom. The quantitative estimate of drug-likeness (QED) is 0.723. The van der Waals surface area contributed by atoms with Crippen molar-refractivity contribution >= 4 is 5.82 Å². The van der Waals surface area contributed by atoms with E-state index in [-0.39, 0.29) is 0 Å². The number of hydrogen-bond acceptors (Lipinski definition) is 3. The van der Waals surface area contributed by atoms with E-state index in [0.29, 0.717) is 5.82 Å². The van der Waals surface area contributed by atoms with Crippen LogP contribution in [-0.2, 0) is 13.1 Å². The number of nitrogen functional groups attached to an aromatic ring is 1. The van der Waals surface area contributed by atoms with Gasteiger partial charge in [0.25, 0.3) is 0 Å². The summed E-state index contributed by atoms with van der Waals surface area (Å²) >= 11 is 0. The van der Waals surface area contributed by atoms with Crippen LogP contribution in [0.15, 0.2) is 30.3 Å². The van der Waals surface area contributed by atoms with Crippen molar-refractivity contribution in [1.29, 1.82) is 0 Å². The van der Waals surface area contributed by atoms with Crippen LogP contribution in [0.5, 0.6) is 0 Å². The fourth-order valence-electron chi connectivity index (χ4n) is 1.97. The number of rotatable bonds is 1. The molecule has 4 heteroatoms. The van der Waals surface area contributed by atoms with E-state index < -0.39 is 0 Å². The smallest absolute Gasteiger partial charge is 0.150 e. The standard InChI is InChI=1S/C11H12N4/c12-11-9-6-13-7-10(9)15(14-11)8-4-2-1-3-5-8/h1-5,13H,6-7H2,(H2,12,14). The summed E-state index contributed by atoms with van der Waals surface area (Å²) in [7, 11) is 0. The first kappa shape index (κ1) is 8.49. The number of hydrogen-bond donors (Lipinski definition) is 2. The zero-order valence-corrected chi connectivity index (χ0v) is 8.27. The lowest BCUT2D eigenvalue weighted by Crippen LogP contribution is -2.08. The predicted octanol–water partition coefficient (Wildman–Crippen LogP) is 1.06. The number of nitrogens with two attached hydrogens (primary N) is 1. The van der Waals surface area contributed by atoms with Crippen LogP contribution >= 0.6 is 0 Å². The zero-order chi connectivity index (χ0) is 10.3. The van der Waals surface area contributed by atoms with Crippen molar-refractivity contribution < 1.29 is 0 Å². The molecular formula is C11H12N4. The van der Waals surface area contributed by atoms with Gasteiger partial charge >= 0.3 is 0 Å². The number of nitrogens with zero attached hydrogens (tertiary/aromatic N) is 2. The number of anilines is 1. The van der Waals surface area contributed by atoms with Crippen LogP contribution in [0.2, 0.25) is 0 Å². The van der Waals surface area contributed by atoms with Gasteiger partial charge in [-0.05, 0) is 12.1 Å². The SMILES string of the molecule is Nc1nn(-c2ccccc2)c2c1CNC2. The van der Waals surface area contributed by atoms with Gasteiger partial charge in [-0.15, -0.1) is 0 Å². The molecule has 1 aliphatic rings. The summed E-state index contributed by atoms with van der Waals surface area (Å²) in [5.41, 5.74) is 9.24. The highest BCUT2D eigenvalue weighted by atomic mass is 15.3. The Balaban J connectivity index is 2.18. The van der Waals surface area contributed by atoms with Crippen LogP contribution < -0.4 is 11.1 Å². The second-order valence-electron chi connectivity index (χ2n) is 3.66. The molecule has 15 heavy (non-hydrogen) atoms. The van der Waals surface area contributed by atoms with Crippen molar-refractivity contribution in [3.05, 3.63) is 41.6 Å². The monoisotopic (exact) mass is 200 g/mol. The van der Waals surface area contributed by atoms with Gasteiger partial charge in [0.15, 0.2) is 5.82 Å². The molecule has 0 aliphatic carbocycles. The van der Waals surface area contributed by atoms with Crippen LogP contribution in [0, 0.1) is 0 Å². The highest BCUT2D eigenvalue weighted by Gasteiger charge is 2.20. The molecule has 2 heterocycles. The van der Waals surface area contributed by atoms with Crippen molar-refractivity contribution in [2.24, 2.45) is 0 Å². The Morgan fingerprint density at radius 2 is 2.00 bits per heavy atom. The minimum Gasteiger partial charge on any atom is -0.382 e. The Morgan fingerprint density at radius 3 is 2.80 bits per heavy atom. The Labute approximate surface area is 87.7 Å². The summed E-state index contributed by atoms with van der Waals surface area (Å²) in [6.07, 6.45) is 0. The van der Waals surface area contributed by atoms with Gasteiger partial charge in [0.2, 0.25) is 0 Å². The van der Waals surface area contributed by atoms with Gasteiger partial charge in [-0.2, -0.15) is 5.10 Å². The first-order valence-corrected chi connectivity index (χ1v) is 4.98. The predicted molar refractivity (Wildman–Crippen MR) is 58.5 cm³/mol. The lowest BCUT2D eigenvalue weighted by molar-refractivity contribution is 0.714. The second-order valence-corrected chi connectivity index (χ2v) is 3.66. The molecule has 76 valence electrons. The lowest BCUT2D eigenvalue weighted by atomic mass is 10.2. The molecule has 0 saturated heterocycles. The van der Waals surface area contributed by atoms with Crippen molar-refractivity contribution in [3.8, 4) is 5.69 Å². The zero-order valence-electron chi connectivity index (χ0n) is 8.27. The van der Waals surface area contributed by atoms with Crippen LogP contribution in [0.1, 0.15) is 11.3 Å². The van der Waals surface area contributed by atoms with Gasteiger partial charge in [-0.25, -0.2) is 4.68 Å². The van der Waals surface area contributed by atoms with Gasteiger partial charge in [-0.3, -0.25) is 0 Å². The molecule has 1 aliphatic heterocycles. The van der Waals surface area contributed by atoms with Gasteiger partial charge < -0.3 is 11.1 Å². The van der Waals surface area contributed by atoms with E-state index in [9.17, 15) is 0 Å². The van der Waals surface area contributed by atoms with Crippen LogP contribution in [0.25, 0.3) is 5.69 Å². The molecule has 4 nitrogen and oxygen atoms in total. The molecule has 0 saturated carbocycles. The lowest BCUT2D eigenvalue weighted by Gasteiger charge is -2.04. The van der Waals surface area contributed by atoms with E-state index in [0.717, 1.165) is 24.3 Å². The maximum atomic E-state index is 5.86. The third-order valence-corrected chi connectivity index (χ3v) is 2.72. The number of fused-ring (bicyclic) bond motifs is 1. The topological polar surface area (TPSA) is 55.9 Å². The molecule has 3 N–H and O–H groups in total. The highest BCUT2D eigenvalue weighted by Crippen LogP contribution is 2.24. The number of para-hydroxylation sites is 1. The van der Waals surface area contributed by atoms with Crippen LogP contribution in [0.3, 0.4) is 0 Å². The summed E-state index contributed by atoms with van der Waals surface area (Å²) in [6, 6.07) is 10.1. The maximum Gasteiger partial charge on any atom is 0.150 e. The maximum absolute atomic E-state index is 5.86. The molecular weight excluding hydrogens is 188 g/mol. The van der Waals surface area contributed by atoms with Gasteiger partial charge in [0.1, 0.15) is 0 Å². The van der Waals surface area contributed by atoms with Gasteiger partial charge in [-0.1, -0.05) is 18.2 Å². The van der Waals surface area contributed by atoms with Crippen molar-refractivity contribution in [3.63, 3.8) is 0 Å². The molecule has 0 spiro atoms. The molecule has 0 bridgehead atoms. The van der Waals surface area contributed by atoms with E-state index >= 15 is 0 Å². The normalized spacial score (nSPS) is 14.1. The molecule has 1 aromatic carbocycles. The minimum absolute atomic E-state index is 0.638. The summed E-state index contributed by atoms with van der Waals surface area (Å²) < 4.78 is 1.92. The highest BCUT2D eigenvalue weighted by molar-refractivity contribution is 5.48. The largest absolute Gasteiger partial charge is 0.382 e. The minimum atomic E-state index is 0.638. The summed E-state index contributed by atoms with van der Waals surface area (Å²) in [5.74, 6) is 0.638. The Bertz CT molecular complexity index is 487. The summed E-state index contributed by atoms with van der Waals surface area (Å²) in [5, 5.41) is 7.63. The molecule has 3 rings (SSSR count). The molecule has 1 aromatic heterocycles. The second kappa shape index (κ2) is 3.10. The van der Waals surface area contributed by atoms with Crippen LogP contribution in [-0.4, -0.2) is 9.78 Å². The first-order chi connectivity index (χ1) is 7.36. The average molecular weight is 200 g/mol. The van der Waals surface area contributed by atoms with Crippen molar-refractivity contribution in [1.82, 2.24) is 15.1 Å². The number of benzene rings is 1. The molecule has 0 unspecified atom stereocenters. The van der Waals surface area contributed by atoms with Gasteiger partial charge in [0.05, 0.1) is 11.4 Å². The average Bonchev–Trinajstić information content (AvgIpc) is 2.84. The van der Waals surface area contributed by atoms with E-state index in [2.05, 4.69) is 10.4 Å². The molecule has 0 atom stereocenters. The Hall–Kier alpha value is -1.81. The fourth-order valence-corrected chi connectivity index (χ4v) is 1.97. The van der Waals surface area contributed by atoms with Crippen molar-refractivity contribution in [2.75, 3.05) is 5.73 Å². The van der Waals surface area contributed by atoms with Gasteiger partial charge in [0, 0.05) is 18.7 Å². The van der Waals surface area contributed by atoms with E-state index in [1.165, 1.54) is 5.69 Å². The third-order valence-electron chi connectivity index (χ3n) is 2.72. The fraction of sp³-hybridized carbons (Fsp3) is 0.182. The third kappa shape index (κ3) is 1.22. The number of aromatic nitrogens is 2. The van der Waals surface area contributed by atoms with Crippen LogP contribution in [0.4, 0.5) is 5.82 Å². The van der Waals surface area contributed by atoms with Crippen molar-refractivity contribution in [2.45, 2.75) is 13.1 Å². The van der Waals surface area contributed by atoms with E-state index in [1.54, 1.807) is 0 Å². The molecule has 0 fully saturated rings. The summed E-state index contributed by atoms with van der Waals surface area (Å²) in [4.78, 5) is 0. The van der Waals surface area contributed by atoms with E-state index in [1.807, 2.05) is 35.0 Å². The number of nitrogens with one attached hydrogen (secondary N) is 1. The first-order valence-electron chi connectivity index (χ1n) is 4.98. The molecule has 2 aromatic rings. The van der Waals surface area contributed by atoms with E-state index in [4.69, 9.17) is 5.73 Å². The molecule has 0 amide bonds. The Kier molecular flexibility index (Phi) is 1.76. The molecule has 0 radical (unpaired) electrons.